The molecule has 0 atom stereocenters. The van der Waals surface area contributed by atoms with E-state index in [2.05, 4.69) is 71.7 Å². The summed E-state index contributed by atoms with van der Waals surface area (Å²) < 4.78 is 6.50. The third kappa shape index (κ3) is 2.89. The summed E-state index contributed by atoms with van der Waals surface area (Å²) in [5.74, 6) is 0. The Bertz CT molecular complexity index is 1880. The number of rotatable bonds is 2. The van der Waals surface area contributed by atoms with Gasteiger partial charge in [-0.1, -0.05) is 36.4 Å². The van der Waals surface area contributed by atoms with Gasteiger partial charge < -0.3 is 4.42 Å². The van der Waals surface area contributed by atoms with E-state index in [4.69, 9.17) is 14.4 Å². The molecular weight excluding hydrogens is 418 g/mol. The maximum Gasteiger partial charge on any atom is 0.161 e. The van der Waals surface area contributed by atoms with Crippen molar-refractivity contribution in [3.05, 3.63) is 103 Å². The first-order chi connectivity index (χ1) is 16.7. The number of hydrogen-bond acceptors (Lipinski definition) is 4. The molecule has 4 heteroatoms. The van der Waals surface area contributed by atoms with Crippen LogP contribution >= 0.6 is 0 Å². The fraction of sp³-hybridized carbons (Fsp3) is 0.0333. The minimum Gasteiger partial charge on any atom is -0.453 e. The summed E-state index contributed by atoms with van der Waals surface area (Å²) in [4.78, 5) is 13.9. The zero-order chi connectivity index (χ0) is 22.6. The molecule has 4 heterocycles. The molecule has 0 aliphatic carbocycles. The van der Waals surface area contributed by atoms with E-state index in [1.165, 1.54) is 0 Å². The van der Waals surface area contributed by atoms with Crippen molar-refractivity contribution in [1.29, 1.82) is 0 Å². The minimum atomic E-state index is 0.821. The second kappa shape index (κ2) is 7.22. The fourth-order valence-corrected chi connectivity index (χ4v) is 4.75. The van der Waals surface area contributed by atoms with Crippen LogP contribution in [0.2, 0.25) is 0 Å². The highest BCUT2D eigenvalue weighted by Gasteiger charge is 2.16. The van der Waals surface area contributed by atoms with Crippen molar-refractivity contribution in [3.8, 4) is 22.4 Å². The predicted molar refractivity (Wildman–Crippen MR) is 138 cm³/mol. The van der Waals surface area contributed by atoms with Gasteiger partial charge in [0.1, 0.15) is 11.1 Å². The van der Waals surface area contributed by atoms with Crippen molar-refractivity contribution in [2.75, 3.05) is 0 Å². The molecule has 4 aromatic heterocycles. The van der Waals surface area contributed by atoms with Crippen LogP contribution in [0.5, 0.6) is 0 Å². The molecule has 0 fully saturated rings. The summed E-state index contributed by atoms with van der Waals surface area (Å²) in [6.07, 6.45) is 3.68. The van der Waals surface area contributed by atoms with Gasteiger partial charge in [-0.2, -0.15) is 0 Å². The number of para-hydroxylation sites is 1. The van der Waals surface area contributed by atoms with E-state index in [1.54, 1.807) is 0 Å². The van der Waals surface area contributed by atoms with E-state index in [1.807, 2.05) is 37.5 Å². The van der Waals surface area contributed by atoms with Crippen LogP contribution in [-0.2, 0) is 0 Å². The molecule has 3 aromatic carbocycles. The first-order valence-electron chi connectivity index (χ1n) is 11.3. The number of nitrogens with zero attached hydrogens (tertiary/aromatic N) is 3. The summed E-state index contributed by atoms with van der Waals surface area (Å²) in [7, 11) is 0. The molecule has 0 aliphatic heterocycles. The van der Waals surface area contributed by atoms with Gasteiger partial charge in [-0.3, -0.25) is 9.97 Å². The quantitative estimate of drug-likeness (QED) is 0.278. The van der Waals surface area contributed by atoms with E-state index < -0.39 is 0 Å². The molecule has 7 rings (SSSR count). The zero-order valence-corrected chi connectivity index (χ0v) is 18.5. The van der Waals surface area contributed by atoms with Crippen LogP contribution in [0.25, 0.3) is 66.1 Å². The van der Waals surface area contributed by atoms with Crippen molar-refractivity contribution >= 4 is 43.7 Å². The lowest BCUT2D eigenvalue weighted by atomic mass is 10.0. The normalized spacial score (nSPS) is 11.7. The summed E-state index contributed by atoms with van der Waals surface area (Å²) in [5.41, 5.74) is 8.59. The molecule has 0 radical (unpaired) electrons. The summed E-state index contributed by atoms with van der Waals surface area (Å²) >= 11 is 0. The maximum atomic E-state index is 6.50. The third-order valence-electron chi connectivity index (χ3n) is 6.44. The number of furan rings is 1. The monoisotopic (exact) mass is 437 g/mol. The Kier molecular flexibility index (Phi) is 4.02. The van der Waals surface area contributed by atoms with Gasteiger partial charge in [0.15, 0.2) is 5.58 Å². The van der Waals surface area contributed by atoms with Crippen LogP contribution < -0.4 is 0 Å². The molecule has 0 amide bonds. The molecule has 0 saturated heterocycles. The van der Waals surface area contributed by atoms with E-state index in [0.717, 1.165) is 71.8 Å². The molecule has 0 saturated carbocycles. The summed E-state index contributed by atoms with van der Waals surface area (Å²) in [6, 6.07) is 29.2. The van der Waals surface area contributed by atoms with E-state index in [0.29, 0.717) is 0 Å². The van der Waals surface area contributed by atoms with Gasteiger partial charge in [-0.25, -0.2) is 4.98 Å². The molecule has 160 valence electrons. The minimum absolute atomic E-state index is 0.821. The van der Waals surface area contributed by atoms with Gasteiger partial charge in [0.05, 0.1) is 11.2 Å². The molecule has 4 nitrogen and oxygen atoms in total. The van der Waals surface area contributed by atoms with Crippen LogP contribution in [0.15, 0.2) is 102 Å². The Labute approximate surface area is 195 Å². The van der Waals surface area contributed by atoms with E-state index >= 15 is 0 Å². The predicted octanol–water partition coefficient (Wildman–Crippen LogP) is 7.72. The average molecular weight is 438 g/mol. The topological polar surface area (TPSA) is 51.8 Å². The maximum absolute atomic E-state index is 6.50. The van der Waals surface area contributed by atoms with Gasteiger partial charge >= 0.3 is 0 Å². The highest BCUT2D eigenvalue weighted by Crippen LogP contribution is 2.38. The standard InChI is InChI=1S/C30H19N3O/c1-18-7-8-19-9-11-24-23-5-2-6-25(29(23)34-30(24)28(19)33-18)27-17-21(13-15-32-27)20-10-12-26-22(16-20)4-3-14-31-26/h2-17H,1H3. The molecule has 0 unspecified atom stereocenters. The van der Waals surface area contributed by atoms with E-state index in [-0.39, 0.29) is 0 Å². The molecule has 0 spiro atoms. The van der Waals surface area contributed by atoms with Crippen molar-refractivity contribution in [3.63, 3.8) is 0 Å². The fourth-order valence-electron chi connectivity index (χ4n) is 4.75. The second-order valence-electron chi connectivity index (χ2n) is 8.59. The van der Waals surface area contributed by atoms with Crippen molar-refractivity contribution < 1.29 is 4.42 Å². The van der Waals surface area contributed by atoms with Gasteiger partial charge in [0.2, 0.25) is 0 Å². The SMILES string of the molecule is Cc1ccc2ccc3c4cccc(-c5cc(-c6ccc7ncccc7c6)ccn5)c4oc3c2n1. The Morgan fingerprint density at radius 1 is 0.647 bits per heavy atom. The van der Waals surface area contributed by atoms with Crippen LogP contribution in [0.3, 0.4) is 0 Å². The third-order valence-corrected chi connectivity index (χ3v) is 6.44. The van der Waals surface area contributed by atoms with E-state index in [9.17, 15) is 0 Å². The Balaban J connectivity index is 1.43. The largest absolute Gasteiger partial charge is 0.453 e. The van der Waals surface area contributed by atoms with Crippen LogP contribution in [0.4, 0.5) is 0 Å². The Morgan fingerprint density at radius 2 is 1.53 bits per heavy atom. The van der Waals surface area contributed by atoms with Gasteiger partial charge in [0, 0.05) is 45.2 Å². The number of pyridine rings is 3. The zero-order valence-electron chi connectivity index (χ0n) is 18.5. The second-order valence-corrected chi connectivity index (χ2v) is 8.59. The number of hydrogen-bond donors (Lipinski definition) is 0. The lowest BCUT2D eigenvalue weighted by molar-refractivity contribution is 0.672. The smallest absolute Gasteiger partial charge is 0.161 e. The van der Waals surface area contributed by atoms with Gasteiger partial charge in [0.25, 0.3) is 0 Å². The Morgan fingerprint density at radius 3 is 2.50 bits per heavy atom. The average Bonchev–Trinajstić information content (AvgIpc) is 3.28. The molecule has 0 aliphatic rings. The van der Waals surface area contributed by atoms with Crippen LogP contribution in [0, 0.1) is 6.92 Å². The Hall–Kier alpha value is -4.57. The number of aryl methyl sites for hydroxylation is 1. The molecule has 0 N–H and O–H groups in total. The molecule has 7 aromatic rings. The van der Waals surface area contributed by atoms with Crippen LogP contribution in [0.1, 0.15) is 5.69 Å². The van der Waals surface area contributed by atoms with Crippen molar-refractivity contribution in [1.82, 2.24) is 15.0 Å². The number of aromatic nitrogens is 3. The summed E-state index contributed by atoms with van der Waals surface area (Å²) in [5, 5.41) is 4.33. The lowest BCUT2D eigenvalue weighted by Crippen LogP contribution is -1.87. The highest BCUT2D eigenvalue weighted by atomic mass is 16.3. The first-order valence-corrected chi connectivity index (χ1v) is 11.3. The lowest BCUT2D eigenvalue weighted by Gasteiger charge is -2.07. The van der Waals surface area contributed by atoms with Crippen molar-refractivity contribution in [2.45, 2.75) is 6.92 Å². The summed E-state index contributed by atoms with van der Waals surface area (Å²) in [6.45, 7) is 2.00. The number of benzene rings is 3. The molecule has 34 heavy (non-hydrogen) atoms. The van der Waals surface area contributed by atoms with Crippen LogP contribution in [-0.4, -0.2) is 15.0 Å². The van der Waals surface area contributed by atoms with Gasteiger partial charge in [-0.15, -0.1) is 0 Å². The van der Waals surface area contributed by atoms with Crippen molar-refractivity contribution in [2.24, 2.45) is 0 Å². The molecular formula is C30H19N3O. The van der Waals surface area contributed by atoms with Gasteiger partial charge in [-0.05, 0) is 66.6 Å². The highest BCUT2D eigenvalue weighted by molar-refractivity contribution is 6.16. The molecule has 0 bridgehead atoms. The number of fused-ring (bicyclic) bond motifs is 6. The first kappa shape index (κ1) is 18.9.